The predicted molar refractivity (Wildman–Crippen MR) is 70.7 cm³/mol. The first-order valence-electron chi connectivity index (χ1n) is 6.30. The summed E-state index contributed by atoms with van der Waals surface area (Å²) in [7, 11) is 0. The molecule has 2 atom stereocenters. The zero-order valence-electron chi connectivity index (χ0n) is 11.6. The van der Waals surface area contributed by atoms with Crippen LogP contribution in [0, 0.1) is 11.2 Å². The van der Waals surface area contributed by atoms with Crippen molar-refractivity contribution >= 4 is 0 Å². The van der Waals surface area contributed by atoms with Crippen LogP contribution in [0.15, 0.2) is 18.5 Å². The molecule has 1 aromatic rings. The van der Waals surface area contributed by atoms with Crippen molar-refractivity contribution in [3.63, 3.8) is 0 Å². The van der Waals surface area contributed by atoms with Gasteiger partial charge in [-0.05, 0) is 30.4 Å². The van der Waals surface area contributed by atoms with Crippen molar-refractivity contribution in [1.29, 1.82) is 0 Å². The second kappa shape index (κ2) is 6.25. The van der Waals surface area contributed by atoms with Crippen molar-refractivity contribution < 1.29 is 9.50 Å². The minimum atomic E-state index is -0.394. The Bertz CT molecular complexity index is 376. The minimum absolute atomic E-state index is 0.0252. The quantitative estimate of drug-likeness (QED) is 0.849. The van der Waals surface area contributed by atoms with Gasteiger partial charge in [-0.2, -0.15) is 0 Å². The third-order valence-corrected chi connectivity index (χ3v) is 2.73. The number of pyridine rings is 1. The minimum Gasteiger partial charge on any atom is -0.392 e. The summed E-state index contributed by atoms with van der Waals surface area (Å²) in [6, 6.07) is 1.43. The van der Waals surface area contributed by atoms with E-state index in [1.165, 1.54) is 12.3 Å². The van der Waals surface area contributed by atoms with Crippen LogP contribution in [0.2, 0.25) is 0 Å². The van der Waals surface area contributed by atoms with E-state index in [1.807, 2.05) is 6.92 Å². The Kier molecular flexibility index (Phi) is 5.23. The van der Waals surface area contributed by atoms with E-state index in [4.69, 9.17) is 0 Å². The lowest BCUT2D eigenvalue weighted by Gasteiger charge is -2.24. The lowest BCUT2D eigenvalue weighted by atomic mass is 9.89. The lowest BCUT2D eigenvalue weighted by molar-refractivity contribution is 0.117. The summed E-state index contributed by atoms with van der Waals surface area (Å²) < 4.78 is 13.0. The van der Waals surface area contributed by atoms with Crippen molar-refractivity contribution in [2.45, 2.75) is 46.3 Å². The number of nitrogens with zero attached hydrogens (tertiary/aromatic N) is 1. The summed E-state index contributed by atoms with van der Waals surface area (Å²) in [6.45, 7) is 8.71. The summed E-state index contributed by atoms with van der Waals surface area (Å²) in [5, 5.41) is 13.1. The van der Waals surface area contributed by atoms with Gasteiger partial charge < -0.3 is 10.4 Å². The molecule has 1 aromatic heterocycles. The highest BCUT2D eigenvalue weighted by molar-refractivity contribution is 5.14. The molecule has 102 valence electrons. The molecule has 0 radical (unpaired) electrons. The Balaban J connectivity index is 2.44. The van der Waals surface area contributed by atoms with Gasteiger partial charge in [-0.1, -0.05) is 20.8 Å². The molecular formula is C14H23FN2O. The van der Waals surface area contributed by atoms with Gasteiger partial charge in [0.1, 0.15) is 5.82 Å². The van der Waals surface area contributed by atoms with E-state index in [0.717, 1.165) is 12.0 Å². The molecule has 1 heterocycles. The van der Waals surface area contributed by atoms with E-state index >= 15 is 0 Å². The van der Waals surface area contributed by atoms with Crippen LogP contribution in [0.5, 0.6) is 0 Å². The van der Waals surface area contributed by atoms with Crippen LogP contribution in [-0.4, -0.2) is 22.7 Å². The number of aliphatic hydroxyl groups is 1. The number of aliphatic hydroxyl groups excluding tert-OH is 1. The van der Waals surface area contributed by atoms with Crippen molar-refractivity contribution in [2.75, 3.05) is 6.54 Å². The Morgan fingerprint density at radius 3 is 2.61 bits per heavy atom. The first-order valence-corrected chi connectivity index (χ1v) is 6.30. The van der Waals surface area contributed by atoms with Gasteiger partial charge in [-0.25, -0.2) is 4.39 Å². The van der Waals surface area contributed by atoms with E-state index in [9.17, 15) is 9.50 Å². The lowest BCUT2D eigenvalue weighted by Crippen LogP contribution is -2.31. The van der Waals surface area contributed by atoms with E-state index < -0.39 is 6.10 Å². The maximum atomic E-state index is 13.0. The number of hydrogen-bond donors (Lipinski definition) is 2. The highest BCUT2D eigenvalue weighted by Crippen LogP contribution is 2.21. The Morgan fingerprint density at radius 1 is 1.39 bits per heavy atom. The largest absolute Gasteiger partial charge is 0.392 e. The number of halogens is 1. The zero-order chi connectivity index (χ0) is 13.8. The van der Waals surface area contributed by atoms with Crippen molar-refractivity contribution in [3.05, 3.63) is 29.8 Å². The normalized spacial score (nSPS) is 15.4. The predicted octanol–water partition coefficient (Wildman–Crippen LogP) is 2.67. The zero-order valence-corrected chi connectivity index (χ0v) is 11.6. The fourth-order valence-electron chi connectivity index (χ4n) is 1.87. The van der Waals surface area contributed by atoms with E-state index in [-0.39, 0.29) is 17.3 Å². The monoisotopic (exact) mass is 254 g/mol. The molecule has 0 saturated carbocycles. The second-order valence-electron chi connectivity index (χ2n) is 5.99. The van der Waals surface area contributed by atoms with Crippen LogP contribution in [-0.2, 0) is 0 Å². The number of nitrogens with one attached hydrogen (secondary N) is 1. The first kappa shape index (κ1) is 15.1. The molecule has 0 aromatic carbocycles. The van der Waals surface area contributed by atoms with Crippen LogP contribution < -0.4 is 5.32 Å². The number of aromatic nitrogens is 1. The highest BCUT2D eigenvalue weighted by atomic mass is 19.1. The van der Waals surface area contributed by atoms with Gasteiger partial charge in [0.15, 0.2) is 0 Å². The van der Waals surface area contributed by atoms with E-state index in [2.05, 4.69) is 31.1 Å². The molecule has 2 unspecified atom stereocenters. The molecule has 0 aliphatic heterocycles. The smallest absolute Gasteiger partial charge is 0.141 e. The van der Waals surface area contributed by atoms with Crippen LogP contribution in [0.1, 0.15) is 45.7 Å². The summed E-state index contributed by atoms with van der Waals surface area (Å²) in [6.07, 6.45) is 3.16. The first-order chi connectivity index (χ1) is 8.28. The van der Waals surface area contributed by atoms with Gasteiger partial charge in [-0.15, -0.1) is 0 Å². The van der Waals surface area contributed by atoms with Crippen LogP contribution >= 0.6 is 0 Å². The van der Waals surface area contributed by atoms with Crippen LogP contribution in [0.3, 0.4) is 0 Å². The standard InChI is InChI=1S/C14H23FN2O/c1-10(11-5-12(15)8-16-7-11)17-9-13(18)6-14(2,3)4/h5,7-8,10,13,17-18H,6,9H2,1-4H3. The van der Waals surface area contributed by atoms with E-state index in [0.29, 0.717) is 6.54 Å². The molecular weight excluding hydrogens is 231 g/mol. The molecule has 0 amide bonds. The summed E-state index contributed by atoms with van der Waals surface area (Å²) in [5.74, 6) is -0.337. The maximum absolute atomic E-state index is 13.0. The molecule has 2 N–H and O–H groups in total. The summed E-state index contributed by atoms with van der Waals surface area (Å²) in [5.41, 5.74) is 0.892. The summed E-state index contributed by atoms with van der Waals surface area (Å²) >= 11 is 0. The van der Waals surface area contributed by atoms with Gasteiger partial charge in [-0.3, -0.25) is 4.98 Å². The molecule has 4 heteroatoms. The SMILES string of the molecule is CC(NCC(O)CC(C)(C)C)c1cncc(F)c1. The molecule has 0 spiro atoms. The molecule has 0 aliphatic rings. The molecule has 0 saturated heterocycles. The van der Waals surface area contributed by atoms with Gasteiger partial charge >= 0.3 is 0 Å². The number of rotatable bonds is 5. The molecule has 18 heavy (non-hydrogen) atoms. The van der Waals surface area contributed by atoms with Crippen LogP contribution in [0.25, 0.3) is 0 Å². The van der Waals surface area contributed by atoms with Crippen molar-refractivity contribution in [3.8, 4) is 0 Å². The average Bonchev–Trinajstić information content (AvgIpc) is 2.23. The van der Waals surface area contributed by atoms with Gasteiger partial charge in [0, 0.05) is 18.8 Å². The van der Waals surface area contributed by atoms with Crippen molar-refractivity contribution in [1.82, 2.24) is 10.3 Å². The van der Waals surface area contributed by atoms with Crippen molar-refractivity contribution in [2.24, 2.45) is 5.41 Å². The Morgan fingerprint density at radius 2 is 2.06 bits per heavy atom. The molecule has 0 bridgehead atoms. The molecule has 0 fully saturated rings. The second-order valence-corrected chi connectivity index (χ2v) is 5.99. The van der Waals surface area contributed by atoms with Crippen LogP contribution in [0.4, 0.5) is 4.39 Å². The molecule has 3 nitrogen and oxygen atoms in total. The Labute approximate surface area is 108 Å². The maximum Gasteiger partial charge on any atom is 0.141 e. The van der Waals surface area contributed by atoms with E-state index in [1.54, 1.807) is 6.20 Å². The molecule has 1 rings (SSSR count). The van der Waals surface area contributed by atoms with Gasteiger partial charge in [0.05, 0.1) is 12.3 Å². The number of hydrogen-bond acceptors (Lipinski definition) is 3. The fourth-order valence-corrected chi connectivity index (χ4v) is 1.87. The third kappa shape index (κ3) is 5.56. The van der Waals surface area contributed by atoms with Gasteiger partial charge in [0.25, 0.3) is 0 Å². The summed E-state index contributed by atoms with van der Waals surface area (Å²) in [4.78, 5) is 3.81. The topological polar surface area (TPSA) is 45.1 Å². The Hall–Kier alpha value is -1.00. The average molecular weight is 254 g/mol. The van der Waals surface area contributed by atoms with Gasteiger partial charge in [0.2, 0.25) is 0 Å². The third-order valence-electron chi connectivity index (χ3n) is 2.73. The highest BCUT2D eigenvalue weighted by Gasteiger charge is 2.17. The molecule has 0 aliphatic carbocycles. The fraction of sp³-hybridized carbons (Fsp3) is 0.643.